The van der Waals surface area contributed by atoms with Gasteiger partial charge in [0.1, 0.15) is 11.9 Å². The van der Waals surface area contributed by atoms with Gasteiger partial charge in [0.2, 0.25) is 0 Å². The summed E-state index contributed by atoms with van der Waals surface area (Å²) in [4.78, 5) is 11.9. The summed E-state index contributed by atoms with van der Waals surface area (Å²) >= 11 is 0. The molecule has 0 heterocycles. The summed E-state index contributed by atoms with van der Waals surface area (Å²) in [6, 6.07) is 17.3. The van der Waals surface area contributed by atoms with Crippen LogP contribution in [0.25, 0.3) is 11.1 Å². The monoisotopic (exact) mass is 510 g/mol. The Bertz CT molecular complexity index is 885. The normalized spacial score (nSPS) is 18.4. The molecule has 0 amide bonds. The van der Waals surface area contributed by atoms with Gasteiger partial charge in [0.15, 0.2) is 6.17 Å². The number of benzene rings is 2. The zero-order chi connectivity index (χ0) is 26.3. The molecule has 2 aromatic rings. The van der Waals surface area contributed by atoms with E-state index in [1.54, 1.807) is 0 Å². The molecule has 37 heavy (non-hydrogen) atoms. The molecule has 0 saturated heterocycles. The Morgan fingerprint density at radius 2 is 1.41 bits per heavy atom. The highest BCUT2D eigenvalue weighted by atomic mass is 19.1. The SMILES string of the molecule is CCCCCCCCc1ccc(-c2ccc(OCC3CCC(OC(=O)[C@@H](F)CCCC)CC3)cc2)cc1. The number of ether oxygens (including phenoxy) is 2. The molecule has 1 atom stereocenters. The number of hydrogen-bond donors (Lipinski definition) is 0. The maximum absolute atomic E-state index is 13.9. The van der Waals surface area contributed by atoms with Crippen molar-refractivity contribution in [1.29, 1.82) is 0 Å². The van der Waals surface area contributed by atoms with E-state index in [1.165, 1.54) is 61.6 Å². The minimum Gasteiger partial charge on any atom is -0.493 e. The first-order chi connectivity index (χ1) is 18.1. The third-order valence-electron chi connectivity index (χ3n) is 7.59. The first-order valence-corrected chi connectivity index (χ1v) is 14.8. The summed E-state index contributed by atoms with van der Waals surface area (Å²) in [5.74, 6) is 0.643. The van der Waals surface area contributed by atoms with Crippen LogP contribution in [0.5, 0.6) is 5.75 Å². The summed E-state index contributed by atoms with van der Waals surface area (Å²) in [5, 5.41) is 0. The minimum absolute atomic E-state index is 0.153. The number of carbonyl (C=O) groups is 1. The van der Waals surface area contributed by atoms with Crippen LogP contribution in [0.2, 0.25) is 0 Å². The zero-order valence-electron chi connectivity index (χ0n) is 23.1. The maximum Gasteiger partial charge on any atom is 0.340 e. The third kappa shape index (κ3) is 10.5. The summed E-state index contributed by atoms with van der Waals surface area (Å²) in [5.41, 5.74) is 3.85. The number of esters is 1. The number of unbranched alkanes of at least 4 members (excludes halogenated alkanes) is 6. The Labute approximate surface area is 224 Å². The number of halogens is 1. The van der Waals surface area contributed by atoms with Crippen molar-refractivity contribution >= 4 is 5.97 Å². The summed E-state index contributed by atoms with van der Waals surface area (Å²) < 4.78 is 25.3. The van der Waals surface area contributed by atoms with E-state index in [9.17, 15) is 9.18 Å². The van der Waals surface area contributed by atoms with Gasteiger partial charge >= 0.3 is 5.97 Å². The highest BCUT2D eigenvalue weighted by Gasteiger charge is 2.27. The van der Waals surface area contributed by atoms with E-state index < -0.39 is 12.1 Å². The first-order valence-electron chi connectivity index (χ1n) is 14.8. The van der Waals surface area contributed by atoms with Crippen LogP contribution in [0.1, 0.15) is 103 Å². The van der Waals surface area contributed by atoms with Crippen molar-refractivity contribution in [3.05, 3.63) is 54.1 Å². The average molecular weight is 511 g/mol. The van der Waals surface area contributed by atoms with E-state index in [0.717, 1.165) is 37.9 Å². The van der Waals surface area contributed by atoms with Gasteiger partial charge < -0.3 is 9.47 Å². The molecule has 4 heteroatoms. The second kappa shape index (κ2) is 16.5. The Hall–Kier alpha value is -2.36. The number of hydrogen-bond acceptors (Lipinski definition) is 3. The topological polar surface area (TPSA) is 35.5 Å². The third-order valence-corrected chi connectivity index (χ3v) is 7.59. The van der Waals surface area contributed by atoms with Crippen LogP contribution in [-0.4, -0.2) is 24.9 Å². The Morgan fingerprint density at radius 3 is 2.05 bits per heavy atom. The molecule has 0 bridgehead atoms. The fourth-order valence-electron chi connectivity index (χ4n) is 5.09. The van der Waals surface area contributed by atoms with Crippen LogP contribution in [0, 0.1) is 5.92 Å². The molecule has 0 unspecified atom stereocenters. The van der Waals surface area contributed by atoms with Gasteiger partial charge in [0.05, 0.1) is 6.61 Å². The van der Waals surface area contributed by atoms with Crippen molar-refractivity contribution in [1.82, 2.24) is 0 Å². The molecule has 0 aromatic heterocycles. The Morgan fingerprint density at radius 1 is 0.811 bits per heavy atom. The van der Waals surface area contributed by atoms with E-state index in [4.69, 9.17) is 9.47 Å². The lowest BCUT2D eigenvalue weighted by atomic mass is 9.88. The lowest BCUT2D eigenvalue weighted by Gasteiger charge is -2.28. The quantitative estimate of drug-likeness (QED) is 0.167. The summed E-state index contributed by atoms with van der Waals surface area (Å²) in [7, 11) is 0. The highest BCUT2D eigenvalue weighted by molar-refractivity contribution is 5.74. The van der Waals surface area contributed by atoms with Crippen LogP contribution in [0.4, 0.5) is 4.39 Å². The molecule has 1 aliphatic rings. The van der Waals surface area contributed by atoms with E-state index in [-0.39, 0.29) is 12.5 Å². The Balaban J connectivity index is 1.35. The molecule has 2 aromatic carbocycles. The van der Waals surface area contributed by atoms with Gasteiger partial charge in [-0.1, -0.05) is 95.2 Å². The fraction of sp³-hybridized carbons (Fsp3) is 0.606. The molecule has 3 nitrogen and oxygen atoms in total. The lowest BCUT2D eigenvalue weighted by molar-refractivity contribution is -0.157. The molecule has 0 radical (unpaired) electrons. The molecule has 1 aliphatic carbocycles. The van der Waals surface area contributed by atoms with Crippen molar-refractivity contribution < 1.29 is 18.7 Å². The van der Waals surface area contributed by atoms with Crippen LogP contribution >= 0.6 is 0 Å². The van der Waals surface area contributed by atoms with Crippen molar-refractivity contribution in [2.24, 2.45) is 5.92 Å². The fourth-order valence-corrected chi connectivity index (χ4v) is 5.09. The predicted molar refractivity (Wildman–Crippen MR) is 151 cm³/mol. The standard InChI is InChI=1S/C33H47FO3/c1-3-5-7-8-9-10-11-26-13-17-28(18-14-26)29-19-23-30(24-20-29)36-25-27-15-21-31(22-16-27)37-33(35)32(34)12-6-4-2/h13-14,17-20,23-24,27,31-32H,3-12,15-16,21-22,25H2,1-2H3/t27?,31?,32-/m0/s1. The highest BCUT2D eigenvalue weighted by Crippen LogP contribution is 2.29. The van der Waals surface area contributed by atoms with Crippen molar-refractivity contribution in [3.63, 3.8) is 0 Å². The lowest BCUT2D eigenvalue weighted by Crippen LogP contribution is -2.30. The smallest absolute Gasteiger partial charge is 0.340 e. The van der Waals surface area contributed by atoms with Gasteiger partial charge in [0, 0.05) is 0 Å². The molecule has 0 aliphatic heterocycles. The van der Waals surface area contributed by atoms with Gasteiger partial charge in [-0.25, -0.2) is 9.18 Å². The molecule has 1 saturated carbocycles. The zero-order valence-corrected chi connectivity index (χ0v) is 23.1. The molecule has 204 valence electrons. The second-order valence-corrected chi connectivity index (χ2v) is 10.7. The summed E-state index contributed by atoms with van der Waals surface area (Å²) in [6.07, 6.45) is 12.8. The van der Waals surface area contributed by atoms with Gasteiger partial charge in [-0.15, -0.1) is 0 Å². The van der Waals surface area contributed by atoms with Gasteiger partial charge in [-0.3, -0.25) is 0 Å². The molecule has 3 rings (SSSR count). The van der Waals surface area contributed by atoms with Crippen LogP contribution in [0.3, 0.4) is 0 Å². The van der Waals surface area contributed by atoms with Crippen LogP contribution < -0.4 is 4.74 Å². The predicted octanol–water partition coefficient (Wildman–Crippen LogP) is 9.27. The Kier molecular flexibility index (Phi) is 13.0. The number of alkyl halides is 1. The van der Waals surface area contributed by atoms with Crippen LogP contribution in [-0.2, 0) is 16.0 Å². The molecule has 1 fully saturated rings. The van der Waals surface area contributed by atoms with Gasteiger partial charge in [0.25, 0.3) is 0 Å². The van der Waals surface area contributed by atoms with Crippen molar-refractivity contribution in [2.45, 2.75) is 116 Å². The molecule has 0 spiro atoms. The maximum atomic E-state index is 13.9. The van der Waals surface area contributed by atoms with E-state index in [1.807, 2.05) is 19.1 Å². The molecular formula is C33H47FO3. The van der Waals surface area contributed by atoms with E-state index >= 15 is 0 Å². The van der Waals surface area contributed by atoms with Gasteiger partial charge in [-0.05, 0) is 79.7 Å². The second-order valence-electron chi connectivity index (χ2n) is 10.7. The largest absolute Gasteiger partial charge is 0.493 e. The van der Waals surface area contributed by atoms with E-state index in [0.29, 0.717) is 18.9 Å². The minimum atomic E-state index is -1.48. The van der Waals surface area contributed by atoms with Crippen molar-refractivity contribution in [3.8, 4) is 16.9 Å². The van der Waals surface area contributed by atoms with Crippen molar-refractivity contribution in [2.75, 3.05) is 6.61 Å². The number of carbonyl (C=O) groups excluding carboxylic acids is 1. The summed E-state index contributed by atoms with van der Waals surface area (Å²) in [6.45, 7) is 4.92. The van der Waals surface area contributed by atoms with Crippen LogP contribution in [0.15, 0.2) is 48.5 Å². The molecular weight excluding hydrogens is 463 g/mol. The van der Waals surface area contributed by atoms with E-state index in [2.05, 4.69) is 43.3 Å². The molecule has 0 N–H and O–H groups in total. The number of rotatable bonds is 16. The first kappa shape index (κ1) is 29.2. The van der Waals surface area contributed by atoms with Gasteiger partial charge in [-0.2, -0.15) is 0 Å². The number of aryl methyl sites for hydroxylation is 1. The average Bonchev–Trinajstić information content (AvgIpc) is 2.94.